The van der Waals surface area contributed by atoms with Gasteiger partial charge in [-0.05, 0) is 24.6 Å². The molecule has 16 heavy (non-hydrogen) atoms. The van der Waals surface area contributed by atoms with Crippen molar-refractivity contribution in [2.75, 3.05) is 0 Å². The molecule has 0 spiro atoms. The van der Waals surface area contributed by atoms with Gasteiger partial charge >= 0.3 is 0 Å². The average molecular weight is 215 g/mol. The van der Waals surface area contributed by atoms with Crippen molar-refractivity contribution < 1.29 is 0 Å². The first-order chi connectivity index (χ1) is 7.72. The lowest BCUT2D eigenvalue weighted by molar-refractivity contribution is 0.816. The molecule has 2 N–H and O–H groups in total. The Balaban J connectivity index is 2.35. The Labute approximate surface area is 95.9 Å². The third-order valence-electron chi connectivity index (χ3n) is 2.73. The van der Waals surface area contributed by atoms with Gasteiger partial charge in [-0.3, -0.25) is 0 Å². The first-order valence-electron chi connectivity index (χ1n) is 5.60. The van der Waals surface area contributed by atoms with Crippen molar-refractivity contribution in [1.29, 1.82) is 0 Å². The van der Waals surface area contributed by atoms with Gasteiger partial charge in [-0.15, -0.1) is 0 Å². The minimum atomic E-state index is 0.0856. The van der Waals surface area contributed by atoms with E-state index in [1.807, 2.05) is 19.3 Å². The molecule has 0 aliphatic carbocycles. The number of hydrogen-bond acceptors (Lipinski definition) is 2. The molecule has 1 heterocycles. The number of nitrogens with zero attached hydrogens (tertiary/aromatic N) is 2. The minimum Gasteiger partial charge on any atom is -0.324 e. The fraction of sp³-hybridized carbons (Fsp3) is 0.308. The van der Waals surface area contributed by atoms with Crippen LogP contribution < -0.4 is 5.73 Å². The van der Waals surface area contributed by atoms with Crippen LogP contribution in [-0.4, -0.2) is 9.55 Å². The average Bonchev–Trinajstić information content (AvgIpc) is 2.77. The summed E-state index contributed by atoms with van der Waals surface area (Å²) in [6.45, 7) is 4.10. The van der Waals surface area contributed by atoms with Gasteiger partial charge in [0.15, 0.2) is 0 Å². The number of rotatable bonds is 3. The van der Waals surface area contributed by atoms with Gasteiger partial charge in [-0.1, -0.05) is 19.1 Å². The van der Waals surface area contributed by atoms with Crippen molar-refractivity contribution in [2.24, 2.45) is 5.73 Å². The lowest BCUT2D eigenvalue weighted by atomic mass is 10.1. The molecule has 84 valence electrons. The van der Waals surface area contributed by atoms with E-state index in [0.717, 1.165) is 23.5 Å². The monoisotopic (exact) mass is 215 g/mol. The Morgan fingerprint density at radius 2 is 2.00 bits per heavy atom. The molecule has 0 saturated heterocycles. The SMILES string of the molecule is CCc1nccn1-c1ccc(C(C)N)cc1. The van der Waals surface area contributed by atoms with E-state index in [4.69, 9.17) is 5.73 Å². The standard InChI is InChI=1S/C13H17N3/c1-3-13-15-8-9-16(13)12-6-4-11(5-7-12)10(2)14/h4-10H,3,14H2,1-2H3. The summed E-state index contributed by atoms with van der Waals surface area (Å²) in [6, 6.07) is 8.39. The van der Waals surface area contributed by atoms with Crippen LogP contribution >= 0.6 is 0 Å². The molecule has 0 amide bonds. The molecule has 0 saturated carbocycles. The zero-order chi connectivity index (χ0) is 11.5. The first kappa shape index (κ1) is 10.9. The van der Waals surface area contributed by atoms with Gasteiger partial charge < -0.3 is 10.3 Å². The van der Waals surface area contributed by atoms with E-state index in [-0.39, 0.29) is 6.04 Å². The molecule has 3 heteroatoms. The quantitative estimate of drug-likeness (QED) is 0.854. The highest BCUT2D eigenvalue weighted by atomic mass is 15.1. The van der Waals surface area contributed by atoms with Crippen LogP contribution in [0, 0.1) is 0 Å². The maximum absolute atomic E-state index is 5.82. The molecule has 1 atom stereocenters. The van der Waals surface area contributed by atoms with Gasteiger partial charge in [0.1, 0.15) is 5.82 Å². The number of nitrogens with two attached hydrogens (primary N) is 1. The molecular formula is C13H17N3. The maximum Gasteiger partial charge on any atom is 0.112 e. The van der Waals surface area contributed by atoms with Crippen molar-refractivity contribution in [3.8, 4) is 5.69 Å². The predicted octanol–water partition coefficient (Wildman–Crippen LogP) is 2.45. The Morgan fingerprint density at radius 1 is 1.31 bits per heavy atom. The highest BCUT2D eigenvalue weighted by molar-refractivity contribution is 5.36. The maximum atomic E-state index is 5.82. The third kappa shape index (κ3) is 1.99. The molecule has 1 aromatic carbocycles. The molecule has 0 radical (unpaired) electrons. The second-order valence-corrected chi connectivity index (χ2v) is 3.95. The van der Waals surface area contributed by atoms with Crippen molar-refractivity contribution in [1.82, 2.24) is 9.55 Å². The number of aryl methyl sites for hydroxylation is 1. The molecule has 1 aromatic heterocycles. The molecule has 0 fully saturated rings. The first-order valence-corrected chi connectivity index (χ1v) is 5.60. The molecule has 0 aliphatic rings. The van der Waals surface area contributed by atoms with Gasteiger partial charge in [0.05, 0.1) is 0 Å². The van der Waals surface area contributed by atoms with Crippen LogP contribution in [0.4, 0.5) is 0 Å². The molecular weight excluding hydrogens is 198 g/mol. The fourth-order valence-corrected chi connectivity index (χ4v) is 1.77. The normalized spacial score (nSPS) is 12.7. The Morgan fingerprint density at radius 3 is 2.56 bits per heavy atom. The summed E-state index contributed by atoms with van der Waals surface area (Å²) >= 11 is 0. The molecule has 0 aliphatic heterocycles. The van der Waals surface area contributed by atoms with Crippen LogP contribution in [0.25, 0.3) is 5.69 Å². The summed E-state index contributed by atoms with van der Waals surface area (Å²) < 4.78 is 2.10. The lowest BCUT2D eigenvalue weighted by Gasteiger charge is -2.09. The van der Waals surface area contributed by atoms with Crippen molar-refractivity contribution >= 4 is 0 Å². The third-order valence-corrected chi connectivity index (χ3v) is 2.73. The lowest BCUT2D eigenvalue weighted by Crippen LogP contribution is -2.05. The van der Waals surface area contributed by atoms with E-state index in [1.54, 1.807) is 0 Å². The molecule has 2 aromatic rings. The summed E-state index contributed by atoms with van der Waals surface area (Å²) in [6.07, 6.45) is 4.75. The van der Waals surface area contributed by atoms with Gasteiger partial charge in [0, 0.05) is 30.5 Å². The summed E-state index contributed by atoms with van der Waals surface area (Å²) in [4.78, 5) is 4.31. The molecule has 2 rings (SSSR count). The van der Waals surface area contributed by atoms with Gasteiger partial charge in [-0.25, -0.2) is 4.98 Å². The minimum absolute atomic E-state index is 0.0856. The highest BCUT2D eigenvalue weighted by Crippen LogP contribution is 2.15. The van der Waals surface area contributed by atoms with E-state index in [1.165, 1.54) is 0 Å². The largest absolute Gasteiger partial charge is 0.324 e. The van der Waals surface area contributed by atoms with Gasteiger partial charge in [0.25, 0.3) is 0 Å². The van der Waals surface area contributed by atoms with Crippen LogP contribution in [0.5, 0.6) is 0 Å². The van der Waals surface area contributed by atoms with Crippen LogP contribution in [0.2, 0.25) is 0 Å². The van der Waals surface area contributed by atoms with Crippen LogP contribution in [0.3, 0.4) is 0 Å². The van der Waals surface area contributed by atoms with Crippen LogP contribution in [0.15, 0.2) is 36.7 Å². The van der Waals surface area contributed by atoms with Crippen molar-refractivity contribution in [2.45, 2.75) is 26.3 Å². The zero-order valence-electron chi connectivity index (χ0n) is 9.72. The number of aromatic nitrogens is 2. The number of hydrogen-bond donors (Lipinski definition) is 1. The Kier molecular flexibility index (Phi) is 3.06. The summed E-state index contributed by atoms with van der Waals surface area (Å²) in [5, 5.41) is 0. The number of benzene rings is 1. The van der Waals surface area contributed by atoms with Crippen molar-refractivity contribution in [3.63, 3.8) is 0 Å². The second-order valence-electron chi connectivity index (χ2n) is 3.95. The molecule has 1 unspecified atom stereocenters. The van der Waals surface area contributed by atoms with E-state index >= 15 is 0 Å². The fourth-order valence-electron chi connectivity index (χ4n) is 1.77. The predicted molar refractivity (Wildman–Crippen MR) is 65.5 cm³/mol. The van der Waals surface area contributed by atoms with Gasteiger partial charge in [-0.2, -0.15) is 0 Å². The second kappa shape index (κ2) is 4.49. The highest BCUT2D eigenvalue weighted by Gasteiger charge is 2.03. The summed E-state index contributed by atoms with van der Waals surface area (Å²) in [5.41, 5.74) is 8.11. The zero-order valence-corrected chi connectivity index (χ0v) is 9.72. The Hall–Kier alpha value is -1.61. The number of imidazole rings is 1. The van der Waals surface area contributed by atoms with E-state index < -0.39 is 0 Å². The van der Waals surface area contributed by atoms with Crippen LogP contribution in [-0.2, 0) is 6.42 Å². The van der Waals surface area contributed by atoms with E-state index in [0.29, 0.717) is 0 Å². The summed E-state index contributed by atoms with van der Waals surface area (Å²) in [5.74, 6) is 1.08. The van der Waals surface area contributed by atoms with E-state index in [2.05, 4.69) is 40.7 Å². The molecule has 3 nitrogen and oxygen atoms in total. The molecule has 0 bridgehead atoms. The topological polar surface area (TPSA) is 43.8 Å². The van der Waals surface area contributed by atoms with Crippen LogP contribution in [0.1, 0.15) is 31.3 Å². The van der Waals surface area contributed by atoms with E-state index in [9.17, 15) is 0 Å². The Bertz CT molecular complexity index is 454. The van der Waals surface area contributed by atoms with Crippen molar-refractivity contribution in [3.05, 3.63) is 48.0 Å². The van der Waals surface area contributed by atoms with Gasteiger partial charge in [0.2, 0.25) is 0 Å². The smallest absolute Gasteiger partial charge is 0.112 e. The summed E-state index contributed by atoms with van der Waals surface area (Å²) in [7, 11) is 0.